The van der Waals surface area contributed by atoms with Crippen LogP contribution in [0.3, 0.4) is 0 Å². The van der Waals surface area contributed by atoms with Gasteiger partial charge in [0.15, 0.2) is 11.6 Å². The molecular formula is C18H21FN4O2. The summed E-state index contributed by atoms with van der Waals surface area (Å²) in [5.41, 5.74) is -0.00951. The Hall–Kier alpha value is -2.41. The first-order chi connectivity index (χ1) is 12.2. The second kappa shape index (κ2) is 6.48. The highest BCUT2D eigenvalue weighted by Gasteiger charge is 2.43. The zero-order valence-corrected chi connectivity index (χ0v) is 13.9. The van der Waals surface area contributed by atoms with E-state index >= 15 is 0 Å². The zero-order chi connectivity index (χ0) is 17.3. The van der Waals surface area contributed by atoms with Crippen molar-refractivity contribution in [2.45, 2.75) is 30.8 Å². The molecule has 2 aliphatic heterocycles. The lowest BCUT2D eigenvalue weighted by molar-refractivity contribution is -0.133. The summed E-state index contributed by atoms with van der Waals surface area (Å²) in [7, 11) is 0. The van der Waals surface area contributed by atoms with Crippen molar-refractivity contribution >= 4 is 5.91 Å². The molecule has 2 N–H and O–H groups in total. The molecule has 132 valence electrons. The molecule has 0 unspecified atom stereocenters. The molecule has 2 aliphatic rings. The van der Waals surface area contributed by atoms with Gasteiger partial charge in [-0.1, -0.05) is 12.1 Å². The monoisotopic (exact) mass is 344 g/mol. The van der Waals surface area contributed by atoms with Gasteiger partial charge in [0.2, 0.25) is 5.91 Å². The molecule has 6 nitrogen and oxygen atoms in total. The molecule has 4 rings (SSSR count). The number of carbonyl (C=O) groups excluding carboxylic acids is 1. The standard InChI is InChI=1S/C18H21FN4O2/c19-14-4-1-3-13-15(5-12-25-16(13)14)22-17(24)18(6-9-20-10-7-18)23-11-2-8-21-23/h1-4,8,11,15,20H,5-7,9-10,12H2,(H,22,24)/t15-/m1/s1. The summed E-state index contributed by atoms with van der Waals surface area (Å²) in [6.07, 6.45) is 5.48. The van der Waals surface area contributed by atoms with E-state index in [-0.39, 0.29) is 23.5 Å². The Morgan fingerprint density at radius 1 is 1.36 bits per heavy atom. The molecule has 1 saturated heterocycles. The summed E-state index contributed by atoms with van der Waals surface area (Å²) < 4.78 is 21.2. The van der Waals surface area contributed by atoms with Gasteiger partial charge in [0, 0.05) is 24.4 Å². The molecule has 0 bridgehead atoms. The Labute approximate surface area is 145 Å². The van der Waals surface area contributed by atoms with Crippen LogP contribution < -0.4 is 15.4 Å². The number of nitrogens with zero attached hydrogens (tertiary/aromatic N) is 2. The molecular weight excluding hydrogens is 323 g/mol. The molecule has 0 radical (unpaired) electrons. The van der Waals surface area contributed by atoms with Crippen LogP contribution in [-0.4, -0.2) is 35.4 Å². The number of benzene rings is 1. The molecule has 2 aromatic rings. The largest absolute Gasteiger partial charge is 0.490 e. The van der Waals surface area contributed by atoms with Crippen molar-refractivity contribution in [3.05, 3.63) is 48.0 Å². The average molecular weight is 344 g/mol. The lowest BCUT2D eigenvalue weighted by Crippen LogP contribution is -2.55. The maximum absolute atomic E-state index is 14.0. The van der Waals surface area contributed by atoms with Gasteiger partial charge in [0.05, 0.1) is 12.6 Å². The number of para-hydroxylation sites is 1. The summed E-state index contributed by atoms with van der Waals surface area (Å²) in [6.45, 7) is 1.90. The minimum atomic E-state index is -0.708. The highest BCUT2D eigenvalue weighted by molar-refractivity contribution is 5.85. The first kappa shape index (κ1) is 16.1. The van der Waals surface area contributed by atoms with Gasteiger partial charge in [-0.25, -0.2) is 4.39 Å². The van der Waals surface area contributed by atoms with E-state index in [1.165, 1.54) is 6.07 Å². The van der Waals surface area contributed by atoms with Crippen molar-refractivity contribution in [1.82, 2.24) is 20.4 Å². The SMILES string of the molecule is O=C(N[C@@H]1CCOc2c(F)cccc21)C1(n2cccn2)CCNCC1. The summed E-state index contributed by atoms with van der Waals surface area (Å²) in [4.78, 5) is 13.2. The van der Waals surface area contributed by atoms with Crippen molar-refractivity contribution in [2.24, 2.45) is 0 Å². The third-order valence-electron chi connectivity index (χ3n) is 5.13. The number of piperidine rings is 1. The van der Waals surface area contributed by atoms with E-state index in [1.54, 1.807) is 16.9 Å². The smallest absolute Gasteiger partial charge is 0.248 e. The predicted molar refractivity (Wildman–Crippen MR) is 89.7 cm³/mol. The van der Waals surface area contributed by atoms with Crippen LogP contribution in [0.25, 0.3) is 0 Å². The summed E-state index contributed by atoms with van der Waals surface area (Å²) >= 11 is 0. The van der Waals surface area contributed by atoms with E-state index in [1.807, 2.05) is 18.3 Å². The van der Waals surface area contributed by atoms with Crippen LogP contribution in [0.15, 0.2) is 36.7 Å². The van der Waals surface area contributed by atoms with Gasteiger partial charge < -0.3 is 15.4 Å². The van der Waals surface area contributed by atoms with Crippen LogP contribution in [0.4, 0.5) is 4.39 Å². The average Bonchev–Trinajstić information content (AvgIpc) is 3.18. The number of rotatable bonds is 3. The minimum Gasteiger partial charge on any atom is -0.490 e. The Bertz CT molecular complexity index is 756. The second-order valence-electron chi connectivity index (χ2n) is 6.55. The van der Waals surface area contributed by atoms with Gasteiger partial charge in [0.1, 0.15) is 5.54 Å². The lowest BCUT2D eigenvalue weighted by atomic mass is 9.86. The molecule has 0 saturated carbocycles. The van der Waals surface area contributed by atoms with Crippen LogP contribution in [0.1, 0.15) is 30.9 Å². The quantitative estimate of drug-likeness (QED) is 0.890. The highest BCUT2D eigenvalue weighted by Crippen LogP contribution is 2.35. The number of hydrogen-bond donors (Lipinski definition) is 2. The maximum atomic E-state index is 14.0. The molecule has 3 heterocycles. The molecule has 1 fully saturated rings. The highest BCUT2D eigenvalue weighted by atomic mass is 19.1. The van der Waals surface area contributed by atoms with E-state index in [2.05, 4.69) is 15.7 Å². The van der Waals surface area contributed by atoms with Crippen molar-refractivity contribution in [3.63, 3.8) is 0 Å². The second-order valence-corrected chi connectivity index (χ2v) is 6.55. The predicted octanol–water partition coefficient (Wildman–Crippen LogP) is 1.74. The fourth-order valence-electron chi connectivity index (χ4n) is 3.75. The fourth-order valence-corrected chi connectivity index (χ4v) is 3.75. The van der Waals surface area contributed by atoms with E-state index in [4.69, 9.17) is 4.74 Å². The first-order valence-corrected chi connectivity index (χ1v) is 8.64. The zero-order valence-electron chi connectivity index (χ0n) is 13.9. The molecule has 0 aliphatic carbocycles. The van der Waals surface area contributed by atoms with E-state index in [0.717, 1.165) is 13.1 Å². The maximum Gasteiger partial charge on any atom is 0.248 e. The number of carbonyl (C=O) groups is 1. The number of fused-ring (bicyclic) bond motifs is 1. The number of halogens is 1. The van der Waals surface area contributed by atoms with Gasteiger partial charge in [0.25, 0.3) is 0 Å². The summed E-state index contributed by atoms with van der Waals surface area (Å²) in [6, 6.07) is 6.41. The van der Waals surface area contributed by atoms with E-state index < -0.39 is 5.54 Å². The number of nitrogens with one attached hydrogen (secondary N) is 2. The number of amides is 1. The molecule has 0 spiro atoms. The summed E-state index contributed by atoms with van der Waals surface area (Å²) in [5, 5.41) is 10.7. The Morgan fingerprint density at radius 2 is 2.20 bits per heavy atom. The number of ether oxygens (including phenoxy) is 1. The van der Waals surface area contributed by atoms with Crippen LogP contribution >= 0.6 is 0 Å². The van der Waals surface area contributed by atoms with Crippen LogP contribution in [0.5, 0.6) is 5.75 Å². The van der Waals surface area contributed by atoms with Gasteiger partial charge in [-0.15, -0.1) is 0 Å². The topological polar surface area (TPSA) is 68.2 Å². The third-order valence-corrected chi connectivity index (χ3v) is 5.13. The van der Waals surface area contributed by atoms with Gasteiger partial charge in [-0.3, -0.25) is 9.48 Å². The molecule has 1 aromatic heterocycles. The third kappa shape index (κ3) is 2.78. The number of aromatic nitrogens is 2. The molecule has 25 heavy (non-hydrogen) atoms. The minimum absolute atomic E-state index is 0.0696. The van der Waals surface area contributed by atoms with Crippen LogP contribution in [-0.2, 0) is 10.3 Å². The molecule has 1 atom stereocenters. The first-order valence-electron chi connectivity index (χ1n) is 8.64. The molecule has 7 heteroatoms. The van der Waals surface area contributed by atoms with Gasteiger partial charge >= 0.3 is 0 Å². The molecule has 1 amide bonds. The molecule has 1 aromatic carbocycles. The van der Waals surface area contributed by atoms with E-state index in [0.29, 0.717) is 31.4 Å². The van der Waals surface area contributed by atoms with Crippen molar-refractivity contribution < 1.29 is 13.9 Å². The Balaban J connectivity index is 1.62. The Kier molecular flexibility index (Phi) is 4.17. The van der Waals surface area contributed by atoms with Crippen LogP contribution in [0, 0.1) is 5.82 Å². The normalized spacial score (nSPS) is 21.9. The number of hydrogen-bond acceptors (Lipinski definition) is 4. The van der Waals surface area contributed by atoms with E-state index in [9.17, 15) is 9.18 Å². The fraction of sp³-hybridized carbons (Fsp3) is 0.444. The van der Waals surface area contributed by atoms with Crippen LogP contribution in [0.2, 0.25) is 0 Å². The Morgan fingerprint density at radius 3 is 2.96 bits per heavy atom. The van der Waals surface area contributed by atoms with Gasteiger partial charge in [-0.05, 0) is 38.1 Å². The lowest BCUT2D eigenvalue weighted by Gasteiger charge is -2.38. The van der Waals surface area contributed by atoms with Gasteiger partial charge in [-0.2, -0.15) is 5.10 Å². The summed E-state index contributed by atoms with van der Waals surface area (Å²) in [5.74, 6) is -0.211. The van der Waals surface area contributed by atoms with Crippen molar-refractivity contribution in [2.75, 3.05) is 19.7 Å². The van der Waals surface area contributed by atoms with Crippen molar-refractivity contribution in [1.29, 1.82) is 0 Å². The van der Waals surface area contributed by atoms with Crippen molar-refractivity contribution in [3.8, 4) is 5.75 Å².